The minimum Gasteiger partial charge on any atom is -0.439 e. The molecule has 1 aliphatic rings. The molecule has 1 atom stereocenters. The fraction of sp³-hybridized carbons (Fsp3) is 0.278. The summed E-state index contributed by atoms with van der Waals surface area (Å²) in [7, 11) is 0. The maximum absolute atomic E-state index is 13.5. The van der Waals surface area contributed by atoms with Crippen LogP contribution >= 0.6 is 24.8 Å². The van der Waals surface area contributed by atoms with Gasteiger partial charge in [0.15, 0.2) is 5.58 Å². The fourth-order valence-electron chi connectivity index (χ4n) is 3.17. The number of rotatable bonds is 3. The largest absolute Gasteiger partial charge is 0.439 e. The molecule has 4 nitrogen and oxygen atoms in total. The predicted molar refractivity (Wildman–Crippen MR) is 101 cm³/mol. The smallest absolute Gasteiger partial charge is 0.209 e. The monoisotopic (exact) mass is 401 g/mol. The van der Waals surface area contributed by atoms with Crippen molar-refractivity contribution < 1.29 is 13.2 Å². The number of nitrogens with one attached hydrogen (secondary N) is 1. The van der Waals surface area contributed by atoms with Crippen molar-refractivity contribution in [2.24, 2.45) is 0 Å². The number of fused-ring (bicyclic) bond motifs is 1. The van der Waals surface area contributed by atoms with Crippen molar-refractivity contribution in [1.29, 1.82) is 0 Å². The summed E-state index contributed by atoms with van der Waals surface area (Å²) in [6.07, 6.45) is 0. The van der Waals surface area contributed by atoms with Crippen LogP contribution in [-0.4, -0.2) is 29.5 Å². The molecule has 0 aliphatic carbocycles. The summed E-state index contributed by atoms with van der Waals surface area (Å²) in [6, 6.07) is 11.0. The van der Waals surface area contributed by atoms with Crippen LogP contribution in [0.5, 0.6) is 0 Å². The Labute approximate surface area is 162 Å². The van der Waals surface area contributed by atoms with Gasteiger partial charge in [0.2, 0.25) is 5.89 Å². The van der Waals surface area contributed by atoms with Crippen LogP contribution in [-0.2, 0) is 6.54 Å². The quantitative estimate of drug-likeness (QED) is 0.717. The molecule has 2 heterocycles. The van der Waals surface area contributed by atoms with Crippen LogP contribution in [0.4, 0.5) is 8.78 Å². The van der Waals surface area contributed by atoms with Gasteiger partial charge in [-0.25, -0.2) is 13.8 Å². The van der Waals surface area contributed by atoms with E-state index >= 15 is 0 Å². The molecule has 8 heteroatoms. The number of nitrogens with zero attached hydrogens (tertiary/aromatic N) is 2. The first-order valence-corrected chi connectivity index (χ1v) is 7.94. The van der Waals surface area contributed by atoms with E-state index in [9.17, 15) is 8.78 Å². The molecule has 0 spiro atoms. The molecule has 0 amide bonds. The Morgan fingerprint density at radius 2 is 1.92 bits per heavy atom. The molecule has 0 radical (unpaired) electrons. The lowest BCUT2D eigenvalue weighted by atomic mass is 10.0. The lowest BCUT2D eigenvalue weighted by Gasteiger charge is -2.35. The maximum Gasteiger partial charge on any atom is 0.209 e. The molecule has 1 N–H and O–H groups in total. The molecule has 26 heavy (non-hydrogen) atoms. The Kier molecular flexibility index (Phi) is 6.94. The highest BCUT2D eigenvalue weighted by atomic mass is 35.5. The van der Waals surface area contributed by atoms with Crippen molar-refractivity contribution in [3.63, 3.8) is 0 Å². The van der Waals surface area contributed by atoms with Crippen LogP contribution in [0.1, 0.15) is 17.5 Å². The van der Waals surface area contributed by atoms with Gasteiger partial charge in [0.25, 0.3) is 0 Å². The van der Waals surface area contributed by atoms with Crippen molar-refractivity contribution in [3.05, 3.63) is 65.6 Å². The average molecular weight is 402 g/mol. The van der Waals surface area contributed by atoms with Crippen LogP contribution in [0.2, 0.25) is 0 Å². The molecule has 140 valence electrons. The van der Waals surface area contributed by atoms with Gasteiger partial charge in [-0.3, -0.25) is 4.90 Å². The first-order valence-electron chi connectivity index (χ1n) is 7.94. The van der Waals surface area contributed by atoms with Gasteiger partial charge in [-0.2, -0.15) is 0 Å². The van der Waals surface area contributed by atoms with Crippen molar-refractivity contribution in [3.8, 4) is 0 Å². The van der Waals surface area contributed by atoms with Crippen LogP contribution in [0.15, 0.2) is 46.9 Å². The topological polar surface area (TPSA) is 41.3 Å². The zero-order chi connectivity index (χ0) is 16.5. The van der Waals surface area contributed by atoms with E-state index in [2.05, 4.69) is 15.2 Å². The molecule has 0 bridgehead atoms. The summed E-state index contributed by atoms with van der Waals surface area (Å²) >= 11 is 0. The van der Waals surface area contributed by atoms with E-state index < -0.39 is 0 Å². The van der Waals surface area contributed by atoms with Gasteiger partial charge in [-0.1, -0.05) is 12.1 Å². The minimum absolute atomic E-state index is 0. The fourth-order valence-corrected chi connectivity index (χ4v) is 3.17. The van der Waals surface area contributed by atoms with E-state index in [0.29, 0.717) is 23.5 Å². The molecule has 2 aromatic carbocycles. The number of benzene rings is 2. The van der Waals surface area contributed by atoms with E-state index in [1.165, 1.54) is 18.2 Å². The van der Waals surface area contributed by atoms with Crippen LogP contribution in [0, 0.1) is 11.6 Å². The van der Waals surface area contributed by atoms with Crippen molar-refractivity contribution >= 4 is 35.9 Å². The second-order valence-corrected chi connectivity index (χ2v) is 5.97. The molecule has 1 saturated heterocycles. The van der Waals surface area contributed by atoms with Gasteiger partial charge in [-0.05, 0) is 29.8 Å². The zero-order valence-corrected chi connectivity index (χ0v) is 15.5. The van der Waals surface area contributed by atoms with Crippen molar-refractivity contribution in [1.82, 2.24) is 15.2 Å². The molecule has 1 unspecified atom stereocenters. The molecule has 4 rings (SSSR count). The number of hydrogen-bond donors (Lipinski definition) is 1. The van der Waals surface area contributed by atoms with Crippen LogP contribution < -0.4 is 5.32 Å². The van der Waals surface area contributed by atoms with E-state index in [-0.39, 0.29) is 42.5 Å². The number of hydrogen-bond acceptors (Lipinski definition) is 4. The second-order valence-electron chi connectivity index (χ2n) is 5.97. The second kappa shape index (κ2) is 8.77. The van der Waals surface area contributed by atoms with E-state index in [4.69, 9.17) is 4.42 Å². The minimum atomic E-state index is -0.331. The third-order valence-electron chi connectivity index (χ3n) is 4.32. The number of piperazine rings is 1. The Balaban J connectivity index is 0.00000121. The molecule has 1 aromatic heterocycles. The highest BCUT2D eigenvalue weighted by Crippen LogP contribution is 2.26. The van der Waals surface area contributed by atoms with Crippen molar-refractivity contribution in [2.75, 3.05) is 19.6 Å². The molecule has 0 saturated carbocycles. The number of aromatic nitrogens is 1. The number of halogens is 4. The Hall–Kier alpha value is -1.73. The highest BCUT2D eigenvalue weighted by molar-refractivity contribution is 5.85. The Morgan fingerprint density at radius 3 is 2.73 bits per heavy atom. The molecule has 1 aliphatic heterocycles. The lowest BCUT2D eigenvalue weighted by molar-refractivity contribution is 0.141. The van der Waals surface area contributed by atoms with Gasteiger partial charge in [0.05, 0.1) is 6.54 Å². The van der Waals surface area contributed by atoms with E-state index in [1.807, 2.05) is 6.07 Å². The Morgan fingerprint density at radius 1 is 1.12 bits per heavy atom. The van der Waals surface area contributed by atoms with E-state index in [1.54, 1.807) is 18.2 Å². The highest BCUT2D eigenvalue weighted by Gasteiger charge is 2.25. The molecular formula is C18H19Cl2F2N3O. The normalized spacial score (nSPS) is 17.5. The van der Waals surface area contributed by atoms with Gasteiger partial charge in [0.1, 0.15) is 17.2 Å². The van der Waals surface area contributed by atoms with E-state index in [0.717, 1.165) is 25.2 Å². The number of oxazole rings is 1. The Bertz CT molecular complexity index is 875. The summed E-state index contributed by atoms with van der Waals surface area (Å²) < 4.78 is 32.6. The average Bonchev–Trinajstić information content (AvgIpc) is 2.96. The third-order valence-corrected chi connectivity index (χ3v) is 4.32. The maximum atomic E-state index is 13.5. The first-order chi connectivity index (χ1) is 11.7. The van der Waals surface area contributed by atoms with Gasteiger partial charge >= 0.3 is 0 Å². The molecular weight excluding hydrogens is 383 g/mol. The predicted octanol–water partition coefficient (Wildman–Crippen LogP) is 4.10. The van der Waals surface area contributed by atoms with Gasteiger partial charge in [0, 0.05) is 31.7 Å². The summed E-state index contributed by atoms with van der Waals surface area (Å²) in [5.41, 5.74) is 2.01. The van der Waals surface area contributed by atoms with Crippen LogP contribution in [0.3, 0.4) is 0 Å². The first kappa shape index (κ1) is 20.6. The summed E-state index contributed by atoms with van der Waals surface area (Å²) in [5.74, 6) is -0.0311. The zero-order valence-electron chi connectivity index (χ0n) is 13.8. The lowest BCUT2D eigenvalue weighted by Crippen LogP contribution is -2.45. The summed E-state index contributed by atoms with van der Waals surface area (Å²) in [6.45, 7) is 2.88. The summed E-state index contributed by atoms with van der Waals surface area (Å²) in [5, 5.41) is 3.34. The van der Waals surface area contributed by atoms with Crippen molar-refractivity contribution in [2.45, 2.75) is 12.6 Å². The summed E-state index contributed by atoms with van der Waals surface area (Å²) in [4.78, 5) is 6.57. The standard InChI is InChI=1S/C18H17F2N3O.2ClH/c19-13-3-1-2-12(8-13)16-10-21-6-7-23(16)11-18-22-15-9-14(20)4-5-17(15)24-18;;/h1-5,8-9,16,21H,6-7,10-11H2;2*1H. The van der Waals surface area contributed by atoms with Gasteiger partial charge < -0.3 is 9.73 Å². The van der Waals surface area contributed by atoms with Gasteiger partial charge in [-0.15, -0.1) is 24.8 Å². The molecule has 1 fully saturated rings. The van der Waals surface area contributed by atoms with Crippen LogP contribution in [0.25, 0.3) is 11.1 Å². The SMILES string of the molecule is Cl.Cl.Fc1cccc(C2CNCCN2Cc2nc3cc(F)ccc3o2)c1. The molecule has 3 aromatic rings. The third kappa shape index (κ3) is 4.32.